The van der Waals surface area contributed by atoms with E-state index < -0.39 is 0 Å². The maximum atomic E-state index is 8.78. The molecule has 0 aliphatic rings. The summed E-state index contributed by atoms with van der Waals surface area (Å²) in [5.41, 5.74) is 0. The number of thiophene rings is 2. The smallest absolute Gasteiger partial charge is 0.0764 e. The van der Waals surface area contributed by atoms with Crippen LogP contribution in [0.5, 0.6) is 0 Å². The molecule has 0 saturated heterocycles. The van der Waals surface area contributed by atoms with Gasteiger partial charge in [0, 0.05) is 16.4 Å². The first-order valence-electron chi connectivity index (χ1n) is 5.83. The normalized spacial score (nSPS) is 11.2. The van der Waals surface area contributed by atoms with Crippen molar-refractivity contribution in [3.8, 4) is 0 Å². The first-order chi connectivity index (χ1) is 8.42. The highest BCUT2D eigenvalue weighted by Crippen LogP contribution is 2.28. The van der Waals surface area contributed by atoms with Crippen LogP contribution < -0.4 is 5.32 Å². The van der Waals surface area contributed by atoms with Crippen LogP contribution in [-0.4, -0.2) is 18.3 Å². The lowest BCUT2D eigenvalue weighted by molar-refractivity contribution is 0.283. The van der Waals surface area contributed by atoms with Gasteiger partial charge in [-0.2, -0.15) is 0 Å². The van der Waals surface area contributed by atoms with E-state index in [0.29, 0.717) is 6.04 Å². The molecule has 0 aliphatic carbocycles. The van der Waals surface area contributed by atoms with Gasteiger partial charge in [-0.3, -0.25) is 0 Å². The van der Waals surface area contributed by atoms with Gasteiger partial charge in [0.15, 0.2) is 0 Å². The van der Waals surface area contributed by atoms with Gasteiger partial charge in [-0.05, 0) is 42.3 Å². The highest BCUT2D eigenvalue weighted by atomic mass is 32.1. The Morgan fingerprint density at radius 3 is 2.18 bits per heavy atom. The summed E-state index contributed by atoms with van der Waals surface area (Å²) >= 11 is 3.58. The maximum Gasteiger partial charge on any atom is 0.0764 e. The lowest BCUT2D eigenvalue weighted by atomic mass is 10.2. The Bertz CT molecular complexity index is 363. The van der Waals surface area contributed by atoms with Crippen molar-refractivity contribution in [2.24, 2.45) is 0 Å². The molecule has 4 heteroatoms. The second-order valence-electron chi connectivity index (χ2n) is 3.85. The quantitative estimate of drug-likeness (QED) is 0.755. The van der Waals surface area contributed by atoms with Crippen LogP contribution in [0, 0.1) is 0 Å². The molecular weight excluding hydrogens is 250 g/mol. The zero-order chi connectivity index (χ0) is 11.9. The van der Waals surface area contributed by atoms with Crippen molar-refractivity contribution in [2.45, 2.75) is 18.9 Å². The molecule has 0 amide bonds. The Morgan fingerprint density at radius 1 is 1.06 bits per heavy atom. The first-order valence-corrected chi connectivity index (χ1v) is 7.59. The molecule has 92 valence electrons. The Balaban J connectivity index is 1.99. The van der Waals surface area contributed by atoms with E-state index in [1.165, 1.54) is 9.75 Å². The summed E-state index contributed by atoms with van der Waals surface area (Å²) in [5, 5.41) is 16.6. The molecule has 17 heavy (non-hydrogen) atoms. The zero-order valence-corrected chi connectivity index (χ0v) is 11.3. The van der Waals surface area contributed by atoms with Gasteiger partial charge in [0.05, 0.1) is 6.04 Å². The van der Waals surface area contributed by atoms with E-state index in [0.717, 1.165) is 19.4 Å². The van der Waals surface area contributed by atoms with Gasteiger partial charge in [-0.1, -0.05) is 12.1 Å². The summed E-state index contributed by atoms with van der Waals surface area (Å²) < 4.78 is 0. The van der Waals surface area contributed by atoms with E-state index in [4.69, 9.17) is 5.11 Å². The lowest BCUT2D eigenvalue weighted by Crippen LogP contribution is -2.22. The third-order valence-corrected chi connectivity index (χ3v) is 4.46. The standard InChI is InChI=1S/C13H17NOS2/c15-8-2-1-7-14-13(11-5-3-9-16-11)12-6-4-10-17-12/h3-6,9-10,13-15H,1-2,7-8H2. The van der Waals surface area contributed by atoms with Crippen molar-refractivity contribution >= 4 is 22.7 Å². The molecule has 2 heterocycles. The number of hydrogen-bond donors (Lipinski definition) is 2. The number of unbranched alkanes of at least 4 members (excludes halogenated alkanes) is 1. The van der Waals surface area contributed by atoms with E-state index in [9.17, 15) is 0 Å². The molecule has 2 nitrogen and oxygen atoms in total. The van der Waals surface area contributed by atoms with E-state index in [-0.39, 0.29) is 6.61 Å². The van der Waals surface area contributed by atoms with Gasteiger partial charge in [-0.15, -0.1) is 22.7 Å². The SMILES string of the molecule is OCCCCNC(c1cccs1)c1cccs1. The Labute approximate surface area is 110 Å². The molecule has 0 spiro atoms. The molecule has 0 aromatic carbocycles. The molecule has 2 aromatic heterocycles. The van der Waals surface area contributed by atoms with Gasteiger partial charge >= 0.3 is 0 Å². The topological polar surface area (TPSA) is 32.3 Å². The van der Waals surface area contributed by atoms with Crippen molar-refractivity contribution in [2.75, 3.05) is 13.2 Å². The predicted octanol–water partition coefficient (Wildman–Crippen LogP) is 3.26. The molecule has 2 N–H and O–H groups in total. The second kappa shape index (κ2) is 6.91. The first kappa shape index (κ1) is 12.8. The third kappa shape index (κ3) is 3.64. The Kier molecular flexibility index (Phi) is 5.19. The minimum Gasteiger partial charge on any atom is -0.396 e. The van der Waals surface area contributed by atoms with Gasteiger partial charge in [0.1, 0.15) is 0 Å². The highest BCUT2D eigenvalue weighted by molar-refractivity contribution is 7.11. The van der Waals surface area contributed by atoms with Crippen LogP contribution in [0.3, 0.4) is 0 Å². The van der Waals surface area contributed by atoms with Crippen LogP contribution >= 0.6 is 22.7 Å². The van der Waals surface area contributed by atoms with Crippen molar-refractivity contribution in [3.63, 3.8) is 0 Å². The van der Waals surface area contributed by atoms with Crippen LogP contribution in [0.15, 0.2) is 35.0 Å². The van der Waals surface area contributed by atoms with Crippen molar-refractivity contribution in [1.29, 1.82) is 0 Å². The molecular formula is C13H17NOS2. The largest absolute Gasteiger partial charge is 0.396 e. The zero-order valence-electron chi connectivity index (χ0n) is 9.63. The van der Waals surface area contributed by atoms with Crippen molar-refractivity contribution < 1.29 is 5.11 Å². The second-order valence-corrected chi connectivity index (χ2v) is 5.81. The van der Waals surface area contributed by atoms with Crippen LogP contribution in [0.25, 0.3) is 0 Å². The number of aliphatic hydroxyl groups is 1. The molecule has 0 fully saturated rings. The summed E-state index contributed by atoms with van der Waals surface area (Å²) in [4.78, 5) is 2.72. The van der Waals surface area contributed by atoms with E-state index >= 15 is 0 Å². The maximum absolute atomic E-state index is 8.78. The predicted molar refractivity (Wildman–Crippen MR) is 74.8 cm³/mol. The minimum atomic E-state index is 0.282. The van der Waals surface area contributed by atoms with Crippen LogP contribution in [-0.2, 0) is 0 Å². The Morgan fingerprint density at radius 2 is 1.71 bits per heavy atom. The fourth-order valence-corrected chi connectivity index (χ4v) is 3.45. The highest BCUT2D eigenvalue weighted by Gasteiger charge is 2.14. The molecule has 0 saturated carbocycles. The number of nitrogens with one attached hydrogen (secondary N) is 1. The average molecular weight is 267 g/mol. The number of aliphatic hydroxyl groups excluding tert-OH is 1. The summed E-state index contributed by atoms with van der Waals surface area (Å²) in [7, 11) is 0. The van der Waals surface area contributed by atoms with Gasteiger partial charge in [0.25, 0.3) is 0 Å². The number of hydrogen-bond acceptors (Lipinski definition) is 4. The van der Waals surface area contributed by atoms with E-state index in [1.54, 1.807) is 22.7 Å². The van der Waals surface area contributed by atoms with E-state index in [2.05, 4.69) is 40.3 Å². The van der Waals surface area contributed by atoms with E-state index in [1.807, 2.05) is 0 Å². The van der Waals surface area contributed by atoms with Crippen LogP contribution in [0.2, 0.25) is 0 Å². The lowest BCUT2D eigenvalue weighted by Gasteiger charge is -2.15. The fraction of sp³-hybridized carbons (Fsp3) is 0.385. The number of rotatable bonds is 7. The summed E-state index contributed by atoms with van der Waals surface area (Å²) in [5.74, 6) is 0. The van der Waals surface area contributed by atoms with Gasteiger partial charge in [-0.25, -0.2) is 0 Å². The molecule has 0 unspecified atom stereocenters. The molecule has 0 atom stereocenters. The van der Waals surface area contributed by atoms with Gasteiger partial charge < -0.3 is 10.4 Å². The summed E-state index contributed by atoms with van der Waals surface area (Å²) in [6, 6.07) is 8.85. The van der Waals surface area contributed by atoms with Crippen LogP contribution in [0.4, 0.5) is 0 Å². The fourth-order valence-electron chi connectivity index (χ4n) is 1.74. The van der Waals surface area contributed by atoms with Gasteiger partial charge in [0.2, 0.25) is 0 Å². The summed E-state index contributed by atoms with van der Waals surface area (Å²) in [6.07, 6.45) is 1.89. The molecule has 2 rings (SSSR count). The molecule has 0 bridgehead atoms. The minimum absolute atomic E-state index is 0.282. The average Bonchev–Trinajstić information content (AvgIpc) is 3.02. The van der Waals surface area contributed by atoms with Crippen molar-refractivity contribution in [1.82, 2.24) is 5.32 Å². The monoisotopic (exact) mass is 267 g/mol. The third-order valence-electron chi connectivity index (χ3n) is 2.59. The molecule has 0 aliphatic heterocycles. The molecule has 2 aromatic rings. The van der Waals surface area contributed by atoms with Crippen molar-refractivity contribution in [3.05, 3.63) is 44.8 Å². The Hall–Kier alpha value is -0.680. The summed E-state index contributed by atoms with van der Waals surface area (Å²) in [6.45, 7) is 1.23. The van der Waals surface area contributed by atoms with Crippen LogP contribution in [0.1, 0.15) is 28.6 Å². The molecule has 0 radical (unpaired) electrons.